The van der Waals surface area contributed by atoms with Gasteiger partial charge in [0.15, 0.2) is 0 Å². The van der Waals surface area contributed by atoms with Crippen molar-refractivity contribution in [1.29, 1.82) is 0 Å². The summed E-state index contributed by atoms with van der Waals surface area (Å²) in [5, 5.41) is 3.08. The summed E-state index contributed by atoms with van der Waals surface area (Å²) in [6.45, 7) is 0.437. The minimum absolute atomic E-state index is 0.0859. The number of amides is 1. The van der Waals surface area contributed by atoms with E-state index in [4.69, 9.17) is 5.73 Å². The van der Waals surface area contributed by atoms with Crippen LogP contribution in [0.5, 0.6) is 0 Å². The predicted molar refractivity (Wildman–Crippen MR) is 88.6 cm³/mol. The van der Waals surface area contributed by atoms with Crippen LogP contribution in [-0.4, -0.2) is 26.5 Å². The van der Waals surface area contributed by atoms with Crippen LogP contribution < -0.4 is 16.0 Å². The standard InChI is InChI=1S/C17H27N3O/c1-20(2)15-9-7-8-14(12-15)19-16(21)17(13-18)10-5-3-4-6-11-17/h7-9,12H,3-6,10-11,13,18H2,1-2H3,(H,19,21). The molecule has 1 fully saturated rings. The van der Waals surface area contributed by atoms with Crippen molar-refractivity contribution in [2.24, 2.45) is 11.1 Å². The fourth-order valence-electron chi connectivity index (χ4n) is 3.05. The first kappa shape index (κ1) is 15.8. The summed E-state index contributed by atoms with van der Waals surface area (Å²) in [7, 11) is 3.99. The van der Waals surface area contributed by atoms with Crippen molar-refractivity contribution in [3.63, 3.8) is 0 Å². The average molecular weight is 289 g/mol. The first-order chi connectivity index (χ1) is 10.1. The molecule has 1 aromatic rings. The Labute approximate surface area is 127 Å². The molecule has 0 aromatic heterocycles. The summed E-state index contributed by atoms with van der Waals surface area (Å²) in [6, 6.07) is 7.93. The molecule has 0 saturated heterocycles. The number of hydrogen-bond donors (Lipinski definition) is 2. The molecule has 1 amide bonds. The topological polar surface area (TPSA) is 58.4 Å². The molecule has 4 nitrogen and oxygen atoms in total. The van der Waals surface area contributed by atoms with Crippen LogP contribution in [-0.2, 0) is 4.79 Å². The highest BCUT2D eigenvalue weighted by atomic mass is 16.2. The van der Waals surface area contributed by atoms with Crippen molar-refractivity contribution in [3.8, 4) is 0 Å². The van der Waals surface area contributed by atoms with E-state index in [2.05, 4.69) is 5.32 Å². The van der Waals surface area contributed by atoms with E-state index in [1.807, 2.05) is 43.3 Å². The SMILES string of the molecule is CN(C)c1cccc(NC(=O)C2(CN)CCCCCC2)c1. The Bertz CT molecular complexity index is 477. The number of nitrogens with two attached hydrogens (primary N) is 1. The van der Waals surface area contributed by atoms with Gasteiger partial charge in [-0.25, -0.2) is 0 Å². The van der Waals surface area contributed by atoms with E-state index >= 15 is 0 Å². The monoisotopic (exact) mass is 289 g/mol. The summed E-state index contributed by atoms with van der Waals surface area (Å²) in [5.41, 5.74) is 7.52. The Morgan fingerprint density at radius 1 is 1.24 bits per heavy atom. The van der Waals surface area contributed by atoms with Gasteiger partial charge < -0.3 is 16.0 Å². The highest BCUT2D eigenvalue weighted by molar-refractivity contribution is 5.96. The van der Waals surface area contributed by atoms with E-state index in [-0.39, 0.29) is 11.3 Å². The van der Waals surface area contributed by atoms with Gasteiger partial charge in [0.05, 0.1) is 5.41 Å². The molecule has 21 heavy (non-hydrogen) atoms. The Morgan fingerprint density at radius 2 is 1.90 bits per heavy atom. The molecule has 1 saturated carbocycles. The number of anilines is 2. The lowest BCUT2D eigenvalue weighted by molar-refractivity contribution is -0.125. The fraction of sp³-hybridized carbons (Fsp3) is 0.588. The van der Waals surface area contributed by atoms with Gasteiger partial charge in [0.25, 0.3) is 0 Å². The van der Waals surface area contributed by atoms with Crippen molar-refractivity contribution in [1.82, 2.24) is 0 Å². The van der Waals surface area contributed by atoms with Crippen molar-refractivity contribution in [2.75, 3.05) is 30.9 Å². The van der Waals surface area contributed by atoms with Crippen LogP contribution in [0, 0.1) is 5.41 Å². The third-order valence-corrected chi connectivity index (χ3v) is 4.55. The second kappa shape index (κ2) is 6.94. The zero-order chi connectivity index (χ0) is 15.3. The van der Waals surface area contributed by atoms with Crippen LogP contribution in [0.25, 0.3) is 0 Å². The number of rotatable bonds is 4. The van der Waals surface area contributed by atoms with Crippen LogP contribution >= 0.6 is 0 Å². The molecule has 0 aliphatic heterocycles. The highest BCUT2D eigenvalue weighted by Crippen LogP contribution is 2.35. The maximum Gasteiger partial charge on any atom is 0.231 e. The van der Waals surface area contributed by atoms with Gasteiger partial charge in [0.1, 0.15) is 0 Å². The Balaban J connectivity index is 2.13. The number of hydrogen-bond acceptors (Lipinski definition) is 3. The largest absolute Gasteiger partial charge is 0.378 e. The predicted octanol–water partition coefficient (Wildman–Crippen LogP) is 2.99. The maximum absolute atomic E-state index is 12.7. The minimum atomic E-state index is -0.384. The Hall–Kier alpha value is -1.55. The fourth-order valence-corrected chi connectivity index (χ4v) is 3.05. The van der Waals surface area contributed by atoms with Crippen LogP contribution in [0.4, 0.5) is 11.4 Å². The van der Waals surface area contributed by atoms with Gasteiger partial charge in [-0.05, 0) is 31.0 Å². The average Bonchev–Trinajstić information content (AvgIpc) is 2.74. The van der Waals surface area contributed by atoms with E-state index in [9.17, 15) is 4.79 Å². The molecule has 0 heterocycles. The molecule has 1 aromatic carbocycles. The van der Waals surface area contributed by atoms with Crippen molar-refractivity contribution in [3.05, 3.63) is 24.3 Å². The van der Waals surface area contributed by atoms with E-state index in [1.165, 1.54) is 12.8 Å². The second-order valence-corrected chi connectivity index (χ2v) is 6.30. The Morgan fingerprint density at radius 3 is 2.48 bits per heavy atom. The number of nitrogens with one attached hydrogen (secondary N) is 1. The van der Waals surface area contributed by atoms with Gasteiger partial charge in [0.2, 0.25) is 5.91 Å². The molecular weight excluding hydrogens is 262 g/mol. The van der Waals surface area contributed by atoms with Gasteiger partial charge in [-0.15, -0.1) is 0 Å². The molecule has 1 aliphatic rings. The lowest BCUT2D eigenvalue weighted by Crippen LogP contribution is -2.42. The molecule has 0 radical (unpaired) electrons. The normalized spacial score (nSPS) is 17.9. The lowest BCUT2D eigenvalue weighted by atomic mass is 9.79. The molecule has 0 bridgehead atoms. The molecule has 2 rings (SSSR count). The first-order valence-corrected chi connectivity index (χ1v) is 7.86. The van der Waals surface area contributed by atoms with Crippen LogP contribution in [0.1, 0.15) is 38.5 Å². The van der Waals surface area contributed by atoms with E-state index < -0.39 is 0 Å². The van der Waals surface area contributed by atoms with E-state index in [0.29, 0.717) is 6.54 Å². The summed E-state index contributed by atoms with van der Waals surface area (Å²) in [5.74, 6) is 0.0859. The molecule has 1 aliphatic carbocycles. The first-order valence-electron chi connectivity index (χ1n) is 7.86. The molecule has 3 N–H and O–H groups in total. The van der Waals surface area contributed by atoms with Gasteiger partial charge in [-0.1, -0.05) is 31.7 Å². The maximum atomic E-state index is 12.7. The summed E-state index contributed by atoms with van der Waals surface area (Å²) < 4.78 is 0. The van der Waals surface area contributed by atoms with Gasteiger partial charge in [-0.3, -0.25) is 4.79 Å². The number of carbonyl (C=O) groups is 1. The lowest BCUT2D eigenvalue weighted by Gasteiger charge is -2.30. The summed E-state index contributed by atoms with van der Waals surface area (Å²) in [4.78, 5) is 14.8. The third kappa shape index (κ3) is 3.76. The zero-order valence-corrected chi connectivity index (χ0v) is 13.2. The zero-order valence-electron chi connectivity index (χ0n) is 13.2. The van der Waals surface area contributed by atoms with Crippen LogP contribution in [0.15, 0.2) is 24.3 Å². The van der Waals surface area contributed by atoms with Crippen molar-refractivity contribution >= 4 is 17.3 Å². The van der Waals surface area contributed by atoms with Crippen molar-refractivity contribution in [2.45, 2.75) is 38.5 Å². The van der Waals surface area contributed by atoms with Crippen LogP contribution in [0.3, 0.4) is 0 Å². The highest BCUT2D eigenvalue weighted by Gasteiger charge is 2.37. The molecule has 0 spiro atoms. The summed E-state index contributed by atoms with van der Waals surface area (Å²) in [6.07, 6.45) is 6.44. The molecular formula is C17H27N3O. The second-order valence-electron chi connectivity index (χ2n) is 6.30. The Kier molecular flexibility index (Phi) is 5.23. The molecule has 4 heteroatoms. The van der Waals surface area contributed by atoms with E-state index in [1.54, 1.807) is 0 Å². The summed E-state index contributed by atoms with van der Waals surface area (Å²) >= 11 is 0. The minimum Gasteiger partial charge on any atom is -0.378 e. The van der Waals surface area contributed by atoms with Gasteiger partial charge >= 0.3 is 0 Å². The van der Waals surface area contributed by atoms with Gasteiger partial charge in [0, 0.05) is 32.0 Å². The van der Waals surface area contributed by atoms with Crippen molar-refractivity contribution < 1.29 is 4.79 Å². The smallest absolute Gasteiger partial charge is 0.231 e. The van der Waals surface area contributed by atoms with Crippen LogP contribution in [0.2, 0.25) is 0 Å². The van der Waals surface area contributed by atoms with E-state index in [0.717, 1.165) is 37.1 Å². The number of nitrogens with zero attached hydrogens (tertiary/aromatic N) is 1. The quantitative estimate of drug-likeness (QED) is 0.838. The number of benzene rings is 1. The third-order valence-electron chi connectivity index (χ3n) is 4.55. The molecule has 116 valence electrons. The molecule has 0 atom stereocenters. The molecule has 0 unspecified atom stereocenters. The van der Waals surface area contributed by atoms with Gasteiger partial charge in [-0.2, -0.15) is 0 Å². The number of carbonyl (C=O) groups excluding carboxylic acids is 1.